The minimum atomic E-state index is -0.281. The number of nitrogens with one attached hydrogen (secondary N) is 1. The number of rotatable bonds is 12. The molecule has 0 aliphatic rings. The predicted molar refractivity (Wildman–Crippen MR) is 147 cm³/mol. The minimum Gasteiger partial charge on any atom is -0.504 e. The molecule has 7 heteroatoms. The number of methoxy groups -OCH3 is 1. The van der Waals surface area contributed by atoms with Gasteiger partial charge in [0.1, 0.15) is 11.5 Å². The van der Waals surface area contributed by atoms with Crippen LogP contribution in [0.25, 0.3) is 16.0 Å². The van der Waals surface area contributed by atoms with E-state index in [4.69, 9.17) is 14.2 Å². The summed E-state index contributed by atoms with van der Waals surface area (Å²) in [5.74, 6) is 1.54. The van der Waals surface area contributed by atoms with Crippen molar-refractivity contribution >= 4 is 16.9 Å². The average Bonchev–Trinajstić information content (AvgIpc) is 3.17. The van der Waals surface area contributed by atoms with Gasteiger partial charge in [-0.3, -0.25) is 9.78 Å². The Morgan fingerprint density at radius 2 is 1.81 bits per heavy atom. The molecular formula is C29H37NO5S. The number of hydrogen-bond donors (Lipinski definition) is 2. The van der Waals surface area contributed by atoms with Crippen molar-refractivity contribution < 1.29 is 19.3 Å². The molecule has 0 aliphatic heterocycles. The van der Waals surface area contributed by atoms with Crippen molar-refractivity contribution in [3.63, 3.8) is 0 Å². The first-order valence-electron chi connectivity index (χ1n) is 12.3. The normalized spacial score (nSPS) is 12.0. The SMILES string of the molecule is CCCc1cc(C(=COC)CC(C)(C)C)ccc1OCCCOc1ccc(-c2sc(=O)[nH]c2O)cc1. The summed E-state index contributed by atoms with van der Waals surface area (Å²) in [5.41, 5.74) is 4.50. The zero-order chi connectivity index (χ0) is 26.1. The van der Waals surface area contributed by atoms with E-state index in [-0.39, 0.29) is 16.2 Å². The molecule has 0 saturated carbocycles. The van der Waals surface area contributed by atoms with Crippen molar-refractivity contribution in [3.8, 4) is 27.8 Å². The van der Waals surface area contributed by atoms with E-state index in [1.54, 1.807) is 7.11 Å². The lowest BCUT2D eigenvalue weighted by Gasteiger charge is -2.21. The van der Waals surface area contributed by atoms with Crippen LogP contribution in [0.1, 0.15) is 58.1 Å². The molecule has 0 unspecified atom stereocenters. The van der Waals surface area contributed by atoms with Crippen molar-refractivity contribution in [2.24, 2.45) is 5.41 Å². The van der Waals surface area contributed by atoms with Gasteiger partial charge in [-0.25, -0.2) is 0 Å². The molecule has 0 amide bonds. The van der Waals surface area contributed by atoms with Crippen LogP contribution in [-0.4, -0.2) is 30.4 Å². The van der Waals surface area contributed by atoms with Crippen molar-refractivity contribution in [1.29, 1.82) is 0 Å². The van der Waals surface area contributed by atoms with Crippen molar-refractivity contribution in [1.82, 2.24) is 4.98 Å². The van der Waals surface area contributed by atoms with Crippen molar-refractivity contribution in [2.75, 3.05) is 20.3 Å². The Hall–Kier alpha value is -3.19. The van der Waals surface area contributed by atoms with Gasteiger partial charge in [-0.1, -0.05) is 51.5 Å². The lowest BCUT2D eigenvalue weighted by molar-refractivity contribution is 0.246. The molecule has 6 nitrogen and oxygen atoms in total. The Kier molecular flexibility index (Phi) is 9.65. The molecule has 0 radical (unpaired) electrons. The highest BCUT2D eigenvalue weighted by molar-refractivity contribution is 7.13. The Labute approximate surface area is 217 Å². The summed E-state index contributed by atoms with van der Waals surface area (Å²) >= 11 is 0.979. The summed E-state index contributed by atoms with van der Waals surface area (Å²) in [6.45, 7) is 9.95. The van der Waals surface area contributed by atoms with Gasteiger partial charge in [-0.2, -0.15) is 0 Å². The van der Waals surface area contributed by atoms with Gasteiger partial charge in [0.2, 0.25) is 5.88 Å². The van der Waals surface area contributed by atoms with Gasteiger partial charge in [0.05, 0.1) is 31.5 Å². The monoisotopic (exact) mass is 511 g/mol. The molecule has 36 heavy (non-hydrogen) atoms. The second-order valence-corrected chi connectivity index (χ2v) is 10.9. The fraction of sp³-hybridized carbons (Fsp3) is 0.414. The van der Waals surface area contributed by atoms with Crippen LogP contribution in [-0.2, 0) is 11.2 Å². The number of allylic oxidation sites excluding steroid dienone is 1. The summed E-state index contributed by atoms with van der Waals surface area (Å²) in [7, 11) is 1.69. The molecule has 2 aromatic carbocycles. The van der Waals surface area contributed by atoms with E-state index in [2.05, 4.69) is 50.9 Å². The number of hydrogen-bond acceptors (Lipinski definition) is 6. The van der Waals surface area contributed by atoms with E-state index in [0.29, 0.717) is 18.1 Å². The summed E-state index contributed by atoms with van der Waals surface area (Å²) in [6, 6.07) is 13.7. The highest BCUT2D eigenvalue weighted by atomic mass is 32.1. The van der Waals surface area contributed by atoms with Gasteiger partial charge in [0.15, 0.2) is 0 Å². The standard InChI is InChI=1S/C29H37NO5S/c1-6-8-22-17-21(23(19-33-5)18-29(2,3)4)11-14-25(22)35-16-7-15-34-24-12-9-20(10-13-24)26-27(31)30-28(32)36-26/h9-14,17,19,31H,6-8,15-16,18H2,1-5H3,(H,30,32). The Morgan fingerprint density at radius 3 is 2.42 bits per heavy atom. The van der Waals surface area contributed by atoms with E-state index < -0.39 is 0 Å². The molecule has 3 aromatic rings. The molecule has 0 atom stereocenters. The van der Waals surface area contributed by atoms with Crippen LogP contribution in [0.3, 0.4) is 0 Å². The maximum absolute atomic E-state index is 11.4. The Morgan fingerprint density at radius 1 is 1.08 bits per heavy atom. The number of aryl methyl sites for hydroxylation is 1. The van der Waals surface area contributed by atoms with Crippen LogP contribution in [0.15, 0.2) is 53.5 Å². The predicted octanol–water partition coefficient (Wildman–Crippen LogP) is 7.03. The molecule has 2 N–H and O–H groups in total. The summed E-state index contributed by atoms with van der Waals surface area (Å²) < 4.78 is 17.3. The Balaban J connectivity index is 1.55. The van der Waals surface area contributed by atoms with Crippen LogP contribution in [0, 0.1) is 5.41 Å². The first-order valence-corrected chi connectivity index (χ1v) is 13.1. The van der Waals surface area contributed by atoms with E-state index >= 15 is 0 Å². The fourth-order valence-corrected chi connectivity index (χ4v) is 4.69. The van der Waals surface area contributed by atoms with Crippen molar-refractivity contribution in [3.05, 3.63) is 69.5 Å². The Bertz CT molecular complexity index is 1200. The molecule has 0 fully saturated rings. The van der Waals surface area contributed by atoms with E-state index in [0.717, 1.165) is 54.1 Å². The highest BCUT2D eigenvalue weighted by Gasteiger charge is 2.16. The van der Waals surface area contributed by atoms with Gasteiger partial charge in [0.25, 0.3) is 0 Å². The zero-order valence-electron chi connectivity index (χ0n) is 21.8. The highest BCUT2D eigenvalue weighted by Crippen LogP contribution is 2.33. The molecule has 194 valence electrons. The molecular weight excluding hydrogens is 474 g/mol. The third-order valence-electron chi connectivity index (χ3n) is 5.49. The number of aromatic amines is 1. The van der Waals surface area contributed by atoms with Gasteiger partial charge >= 0.3 is 4.87 Å². The summed E-state index contributed by atoms with van der Waals surface area (Å²) in [4.78, 5) is 14.0. The lowest BCUT2D eigenvalue weighted by Crippen LogP contribution is -2.08. The van der Waals surface area contributed by atoms with Gasteiger partial charge in [-0.05, 0) is 76.9 Å². The van der Waals surface area contributed by atoms with Gasteiger partial charge < -0.3 is 19.3 Å². The third-order valence-corrected chi connectivity index (χ3v) is 6.41. The first kappa shape index (κ1) is 27.4. The number of ether oxygens (including phenoxy) is 3. The largest absolute Gasteiger partial charge is 0.504 e. The van der Waals surface area contributed by atoms with Gasteiger partial charge in [-0.15, -0.1) is 0 Å². The topological polar surface area (TPSA) is 80.8 Å². The molecule has 0 bridgehead atoms. The molecule has 1 aromatic heterocycles. The number of aromatic nitrogens is 1. The van der Waals surface area contributed by atoms with Crippen LogP contribution in [0.5, 0.6) is 17.4 Å². The quantitative estimate of drug-likeness (QED) is 0.201. The maximum atomic E-state index is 11.4. The average molecular weight is 512 g/mol. The van der Waals surface area contributed by atoms with Crippen LogP contribution in [0.4, 0.5) is 0 Å². The van der Waals surface area contributed by atoms with Crippen LogP contribution < -0.4 is 14.3 Å². The summed E-state index contributed by atoms with van der Waals surface area (Å²) in [5, 5.41) is 9.81. The molecule has 1 heterocycles. The number of thiazole rings is 1. The second kappa shape index (κ2) is 12.7. The van der Waals surface area contributed by atoms with Crippen molar-refractivity contribution in [2.45, 2.75) is 53.4 Å². The fourth-order valence-electron chi connectivity index (χ4n) is 3.96. The zero-order valence-corrected chi connectivity index (χ0v) is 22.7. The second-order valence-electron chi connectivity index (χ2n) is 9.96. The lowest BCUT2D eigenvalue weighted by atomic mass is 9.85. The number of aromatic hydroxyl groups is 1. The molecule has 0 spiro atoms. The molecule has 0 saturated heterocycles. The van der Waals surface area contributed by atoms with Crippen LogP contribution in [0.2, 0.25) is 0 Å². The number of benzene rings is 2. The maximum Gasteiger partial charge on any atom is 0.307 e. The smallest absolute Gasteiger partial charge is 0.307 e. The first-order chi connectivity index (χ1) is 17.2. The van der Waals surface area contributed by atoms with Crippen LogP contribution >= 0.6 is 11.3 Å². The minimum absolute atomic E-state index is 0.105. The number of H-pyrrole nitrogens is 1. The van der Waals surface area contributed by atoms with Gasteiger partial charge in [0, 0.05) is 6.42 Å². The van der Waals surface area contributed by atoms with E-state index in [1.165, 1.54) is 16.7 Å². The van der Waals surface area contributed by atoms with E-state index in [9.17, 15) is 9.90 Å². The summed E-state index contributed by atoms with van der Waals surface area (Å²) in [6.07, 6.45) is 5.52. The molecule has 0 aliphatic carbocycles. The van der Waals surface area contributed by atoms with E-state index in [1.807, 2.05) is 30.5 Å². The molecule has 3 rings (SSSR count). The third kappa shape index (κ3) is 7.92.